The molecule has 2 fully saturated rings. The van der Waals surface area contributed by atoms with Crippen LogP contribution in [0.15, 0.2) is 52.5 Å². The highest BCUT2D eigenvalue weighted by Crippen LogP contribution is 2.42. The van der Waals surface area contributed by atoms with E-state index in [1.807, 2.05) is 0 Å². The second-order valence-electron chi connectivity index (χ2n) is 7.97. The van der Waals surface area contributed by atoms with Crippen molar-refractivity contribution in [2.75, 3.05) is 13.1 Å². The fourth-order valence-electron chi connectivity index (χ4n) is 3.70. The summed E-state index contributed by atoms with van der Waals surface area (Å²) in [6, 6.07) is 8.74. The fraction of sp³-hybridized carbons (Fsp3) is 0.409. The van der Waals surface area contributed by atoms with Crippen molar-refractivity contribution in [1.29, 1.82) is 0 Å². The molecule has 4 rings (SSSR count). The van der Waals surface area contributed by atoms with Crippen molar-refractivity contribution in [2.45, 2.75) is 49.5 Å². The van der Waals surface area contributed by atoms with E-state index in [-0.39, 0.29) is 30.4 Å². The van der Waals surface area contributed by atoms with Gasteiger partial charge in [0.05, 0.1) is 10.6 Å². The van der Waals surface area contributed by atoms with E-state index < -0.39 is 22.1 Å². The largest absolute Gasteiger partial charge is 0.573 e. The molecule has 0 amide bonds. The minimum absolute atomic E-state index is 0.113. The molecule has 1 saturated carbocycles. The molecule has 0 bridgehead atoms. The molecule has 0 radical (unpaired) electrons. The standard InChI is InChI=1S/C22H22F4N2O4S/c23-17-4-3-16(21(13-17)15-1-2-15)14-31-27-18-9-11-28(12-10-18)33(29,30)20-7-5-19(6-8-20)32-22(24,25)26/h3-8,13,15H,1-2,9-12,14H2. The van der Waals surface area contributed by atoms with Gasteiger partial charge in [0.25, 0.3) is 0 Å². The number of piperidine rings is 1. The lowest BCUT2D eigenvalue weighted by Gasteiger charge is -2.26. The summed E-state index contributed by atoms with van der Waals surface area (Å²) in [4.78, 5) is 5.35. The molecule has 0 spiro atoms. The van der Waals surface area contributed by atoms with E-state index >= 15 is 0 Å². The highest BCUT2D eigenvalue weighted by atomic mass is 32.2. The summed E-state index contributed by atoms with van der Waals surface area (Å²) in [5.41, 5.74) is 2.55. The van der Waals surface area contributed by atoms with Gasteiger partial charge in [-0.25, -0.2) is 12.8 Å². The molecule has 1 aliphatic heterocycles. The molecule has 1 aliphatic carbocycles. The number of halogens is 4. The average molecular weight is 486 g/mol. The molecule has 0 atom stereocenters. The number of rotatable bonds is 7. The van der Waals surface area contributed by atoms with Gasteiger partial charge in [-0.15, -0.1) is 13.2 Å². The Kier molecular flexibility index (Phi) is 6.62. The van der Waals surface area contributed by atoms with Crippen molar-refractivity contribution < 1.29 is 35.6 Å². The molecule has 33 heavy (non-hydrogen) atoms. The number of hydrogen-bond acceptors (Lipinski definition) is 5. The van der Waals surface area contributed by atoms with E-state index in [9.17, 15) is 26.0 Å². The average Bonchev–Trinajstić information content (AvgIpc) is 3.60. The molecule has 0 N–H and O–H groups in total. The molecule has 2 aromatic rings. The van der Waals surface area contributed by atoms with Crippen LogP contribution in [0.1, 0.15) is 42.7 Å². The summed E-state index contributed by atoms with van der Waals surface area (Å²) in [5, 5.41) is 4.14. The Balaban J connectivity index is 1.32. The molecular weight excluding hydrogens is 464 g/mol. The number of nitrogens with zero attached hydrogens (tertiary/aromatic N) is 2. The smallest absolute Gasteiger partial charge is 0.406 e. The molecule has 1 heterocycles. The summed E-state index contributed by atoms with van der Waals surface area (Å²) in [7, 11) is -3.86. The predicted molar refractivity (Wildman–Crippen MR) is 112 cm³/mol. The number of alkyl halides is 3. The quantitative estimate of drug-likeness (QED) is 0.410. The Labute approximate surface area is 188 Å². The lowest BCUT2D eigenvalue weighted by molar-refractivity contribution is -0.274. The lowest BCUT2D eigenvalue weighted by atomic mass is 10.0. The summed E-state index contributed by atoms with van der Waals surface area (Å²) in [6.07, 6.45) is -2.04. The maximum absolute atomic E-state index is 13.5. The molecule has 0 unspecified atom stereocenters. The third-order valence-corrected chi connectivity index (χ3v) is 7.45. The van der Waals surface area contributed by atoms with Crippen molar-refractivity contribution in [3.8, 4) is 5.75 Å². The lowest BCUT2D eigenvalue weighted by Crippen LogP contribution is -2.38. The van der Waals surface area contributed by atoms with Crippen LogP contribution in [0.5, 0.6) is 5.75 Å². The molecule has 2 aliphatic rings. The topological polar surface area (TPSA) is 68.2 Å². The Morgan fingerprint density at radius 2 is 1.70 bits per heavy atom. The second kappa shape index (κ2) is 9.30. The Morgan fingerprint density at radius 1 is 1.03 bits per heavy atom. The maximum Gasteiger partial charge on any atom is 0.573 e. The van der Waals surface area contributed by atoms with Crippen molar-refractivity contribution in [2.24, 2.45) is 5.16 Å². The van der Waals surface area contributed by atoms with Crippen LogP contribution in [0.2, 0.25) is 0 Å². The molecular formula is C22H22F4N2O4S. The Hall–Kier alpha value is -2.66. The zero-order valence-corrected chi connectivity index (χ0v) is 18.3. The van der Waals surface area contributed by atoms with Gasteiger partial charge in [-0.2, -0.15) is 4.31 Å². The van der Waals surface area contributed by atoms with E-state index in [0.29, 0.717) is 24.5 Å². The van der Waals surface area contributed by atoms with E-state index in [4.69, 9.17) is 4.84 Å². The molecule has 1 saturated heterocycles. The van der Waals surface area contributed by atoms with Crippen LogP contribution in [-0.2, 0) is 21.5 Å². The van der Waals surface area contributed by atoms with Crippen LogP contribution in [0.4, 0.5) is 17.6 Å². The summed E-state index contributed by atoms with van der Waals surface area (Å²) in [5.74, 6) is -0.393. The van der Waals surface area contributed by atoms with Crippen LogP contribution in [-0.4, -0.2) is 37.9 Å². The van der Waals surface area contributed by atoms with Crippen LogP contribution in [0.3, 0.4) is 0 Å². The fourth-order valence-corrected chi connectivity index (χ4v) is 5.14. The first kappa shape index (κ1) is 23.5. The van der Waals surface area contributed by atoms with Gasteiger partial charge < -0.3 is 9.57 Å². The van der Waals surface area contributed by atoms with Crippen molar-refractivity contribution >= 4 is 15.7 Å². The predicted octanol–water partition coefficient (Wildman–Crippen LogP) is 4.96. The maximum atomic E-state index is 13.5. The monoisotopic (exact) mass is 486 g/mol. The highest BCUT2D eigenvalue weighted by molar-refractivity contribution is 7.89. The zero-order chi connectivity index (χ0) is 23.6. The Morgan fingerprint density at radius 3 is 2.30 bits per heavy atom. The zero-order valence-electron chi connectivity index (χ0n) is 17.5. The minimum Gasteiger partial charge on any atom is -0.406 e. The highest BCUT2D eigenvalue weighted by Gasteiger charge is 2.32. The molecule has 2 aromatic carbocycles. The number of benzene rings is 2. The summed E-state index contributed by atoms with van der Waals surface area (Å²) in [6.45, 7) is 0.564. The van der Waals surface area contributed by atoms with Gasteiger partial charge >= 0.3 is 6.36 Å². The molecule has 178 valence electrons. The molecule has 11 heteroatoms. The van der Waals surface area contributed by atoms with Crippen LogP contribution >= 0.6 is 0 Å². The normalized spacial score (nSPS) is 17.6. The van der Waals surface area contributed by atoms with Gasteiger partial charge in [-0.3, -0.25) is 0 Å². The van der Waals surface area contributed by atoms with E-state index in [1.165, 1.54) is 16.4 Å². The SMILES string of the molecule is O=S(=O)(c1ccc(OC(F)(F)F)cc1)N1CCC(=NOCc2ccc(F)cc2C2CC2)CC1. The first-order valence-corrected chi connectivity index (χ1v) is 11.9. The third kappa shape index (κ3) is 6.02. The van der Waals surface area contributed by atoms with Crippen molar-refractivity contribution in [3.63, 3.8) is 0 Å². The van der Waals surface area contributed by atoms with Gasteiger partial charge in [-0.05, 0) is 66.3 Å². The van der Waals surface area contributed by atoms with Gasteiger partial charge in [0.15, 0.2) is 0 Å². The second-order valence-corrected chi connectivity index (χ2v) is 9.91. The van der Waals surface area contributed by atoms with Crippen LogP contribution in [0, 0.1) is 5.82 Å². The number of sulfonamides is 1. The summed E-state index contributed by atoms with van der Waals surface area (Å²) >= 11 is 0. The van der Waals surface area contributed by atoms with E-state index in [2.05, 4.69) is 9.89 Å². The summed E-state index contributed by atoms with van der Waals surface area (Å²) < 4.78 is 80.9. The van der Waals surface area contributed by atoms with E-state index in [0.717, 1.165) is 48.2 Å². The van der Waals surface area contributed by atoms with Crippen LogP contribution in [0.25, 0.3) is 0 Å². The van der Waals surface area contributed by atoms with Gasteiger partial charge in [0.2, 0.25) is 10.0 Å². The van der Waals surface area contributed by atoms with Gasteiger partial charge in [0.1, 0.15) is 18.2 Å². The number of hydrogen-bond donors (Lipinski definition) is 0. The van der Waals surface area contributed by atoms with Crippen molar-refractivity contribution in [3.05, 3.63) is 59.4 Å². The van der Waals surface area contributed by atoms with Gasteiger partial charge in [-0.1, -0.05) is 11.2 Å². The first-order valence-electron chi connectivity index (χ1n) is 10.4. The van der Waals surface area contributed by atoms with Gasteiger partial charge in [0, 0.05) is 25.9 Å². The van der Waals surface area contributed by atoms with Crippen molar-refractivity contribution in [1.82, 2.24) is 4.31 Å². The molecule has 6 nitrogen and oxygen atoms in total. The van der Waals surface area contributed by atoms with E-state index in [1.54, 1.807) is 6.07 Å². The number of oxime groups is 1. The first-order chi connectivity index (χ1) is 15.6. The minimum atomic E-state index is -4.85. The third-order valence-electron chi connectivity index (χ3n) is 5.53. The number of ether oxygens (including phenoxy) is 1. The Bertz CT molecular complexity index is 1120. The molecule has 0 aromatic heterocycles. The van der Waals surface area contributed by atoms with Crippen LogP contribution < -0.4 is 4.74 Å².